The lowest BCUT2D eigenvalue weighted by molar-refractivity contribution is -0.384. The van der Waals surface area contributed by atoms with Crippen molar-refractivity contribution in [2.45, 2.75) is 33.2 Å². The fraction of sp³-hybridized carbons (Fsp3) is 0.615. The molecule has 6 heteroatoms. The Bertz CT molecular complexity index is 495. The van der Waals surface area contributed by atoms with Gasteiger partial charge in [-0.1, -0.05) is 25.4 Å². The second-order valence-electron chi connectivity index (χ2n) is 5.44. The molecule has 1 aromatic rings. The summed E-state index contributed by atoms with van der Waals surface area (Å²) in [6, 6.07) is 3.12. The van der Waals surface area contributed by atoms with Gasteiger partial charge in [-0.05, 0) is 31.2 Å². The molecule has 2 rings (SSSR count). The number of pyridine rings is 1. The van der Waals surface area contributed by atoms with Crippen LogP contribution >= 0.6 is 11.6 Å². The van der Waals surface area contributed by atoms with Crippen molar-refractivity contribution in [1.82, 2.24) is 4.98 Å². The lowest BCUT2D eigenvalue weighted by Crippen LogP contribution is -2.46. The van der Waals surface area contributed by atoms with Gasteiger partial charge in [-0.3, -0.25) is 10.1 Å². The van der Waals surface area contributed by atoms with Crippen LogP contribution in [0, 0.1) is 22.0 Å². The van der Waals surface area contributed by atoms with E-state index in [0.717, 1.165) is 13.0 Å². The Balaban J connectivity index is 2.44. The van der Waals surface area contributed by atoms with E-state index in [1.807, 2.05) is 4.90 Å². The molecule has 0 amide bonds. The zero-order valence-corrected chi connectivity index (χ0v) is 12.1. The average Bonchev–Trinajstić information content (AvgIpc) is 2.33. The van der Waals surface area contributed by atoms with Gasteiger partial charge in [0.05, 0.1) is 4.92 Å². The number of anilines is 1. The Morgan fingerprint density at radius 2 is 2.11 bits per heavy atom. The smallest absolute Gasteiger partial charge is 0.311 e. The van der Waals surface area contributed by atoms with E-state index in [4.69, 9.17) is 11.6 Å². The highest BCUT2D eigenvalue weighted by Gasteiger charge is 2.33. The Kier molecular flexibility index (Phi) is 3.94. The van der Waals surface area contributed by atoms with Gasteiger partial charge in [0.15, 0.2) is 0 Å². The van der Waals surface area contributed by atoms with Crippen molar-refractivity contribution in [2.24, 2.45) is 11.8 Å². The minimum absolute atomic E-state index is 0.0255. The van der Waals surface area contributed by atoms with Crippen LogP contribution in [-0.4, -0.2) is 22.5 Å². The summed E-state index contributed by atoms with van der Waals surface area (Å²) in [5.41, 5.74) is 0.0255. The number of piperidine rings is 1. The van der Waals surface area contributed by atoms with Crippen LogP contribution in [0.2, 0.25) is 5.15 Å². The molecule has 3 atom stereocenters. The highest BCUT2D eigenvalue weighted by Crippen LogP contribution is 2.35. The molecule has 104 valence electrons. The van der Waals surface area contributed by atoms with Crippen molar-refractivity contribution < 1.29 is 4.92 Å². The molecule has 1 saturated heterocycles. The fourth-order valence-electron chi connectivity index (χ4n) is 2.77. The normalized spacial score (nSPS) is 27.4. The summed E-state index contributed by atoms with van der Waals surface area (Å²) in [6.07, 6.45) is 1.13. The zero-order chi connectivity index (χ0) is 14.2. The molecule has 2 heterocycles. The first-order valence-electron chi connectivity index (χ1n) is 6.47. The van der Waals surface area contributed by atoms with Crippen molar-refractivity contribution in [3.8, 4) is 0 Å². The number of rotatable bonds is 2. The van der Waals surface area contributed by atoms with Gasteiger partial charge in [0.2, 0.25) is 5.82 Å². The number of nitro groups is 1. The predicted octanol–water partition coefficient (Wildman–Crippen LogP) is 3.51. The zero-order valence-electron chi connectivity index (χ0n) is 11.3. The van der Waals surface area contributed by atoms with Crippen molar-refractivity contribution >= 4 is 23.1 Å². The summed E-state index contributed by atoms with van der Waals surface area (Å²) in [7, 11) is 0. The van der Waals surface area contributed by atoms with Crippen LogP contribution in [-0.2, 0) is 0 Å². The number of aromatic nitrogens is 1. The maximum atomic E-state index is 11.1. The molecular weight excluding hydrogens is 266 g/mol. The quantitative estimate of drug-likeness (QED) is 0.473. The lowest BCUT2D eigenvalue weighted by Gasteiger charge is -2.41. The van der Waals surface area contributed by atoms with Crippen LogP contribution in [0.1, 0.15) is 27.2 Å². The molecule has 0 radical (unpaired) electrons. The second-order valence-corrected chi connectivity index (χ2v) is 5.83. The number of halogens is 1. The first kappa shape index (κ1) is 14.1. The topological polar surface area (TPSA) is 59.3 Å². The van der Waals surface area contributed by atoms with Crippen molar-refractivity contribution in [3.63, 3.8) is 0 Å². The van der Waals surface area contributed by atoms with Crippen molar-refractivity contribution in [1.29, 1.82) is 0 Å². The van der Waals surface area contributed by atoms with Gasteiger partial charge >= 0.3 is 5.69 Å². The highest BCUT2D eigenvalue weighted by atomic mass is 35.5. The molecular formula is C13H18ClN3O2. The van der Waals surface area contributed by atoms with Gasteiger partial charge < -0.3 is 4.90 Å². The molecule has 0 aromatic carbocycles. The second kappa shape index (κ2) is 5.33. The molecule has 0 saturated carbocycles. The molecule has 1 fully saturated rings. The molecule has 1 aliphatic heterocycles. The molecule has 0 bridgehead atoms. The number of hydrogen-bond donors (Lipinski definition) is 0. The summed E-state index contributed by atoms with van der Waals surface area (Å²) < 4.78 is 0. The van der Waals surface area contributed by atoms with E-state index in [-0.39, 0.29) is 11.7 Å². The largest absolute Gasteiger partial charge is 0.348 e. The van der Waals surface area contributed by atoms with E-state index in [9.17, 15) is 10.1 Å². The van der Waals surface area contributed by atoms with E-state index < -0.39 is 4.92 Å². The van der Waals surface area contributed by atoms with Crippen LogP contribution in [0.15, 0.2) is 12.1 Å². The Morgan fingerprint density at radius 3 is 2.74 bits per heavy atom. The Labute approximate surface area is 117 Å². The van der Waals surface area contributed by atoms with Gasteiger partial charge in [0.1, 0.15) is 5.15 Å². The van der Waals surface area contributed by atoms with Crippen LogP contribution in [0.25, 0.3) is 0 Å². The maximum Gasteiger partial charge on any atom is 0.311 e. The van der Waals surface area contributed by atoms with E-state index in [2.05, 4.69) is 25.8 Å². The Hall–Kier alpha value is -1.36. The summed E-state index contributed by atoms with van der Waals surface area (Å²) in [5.74, 6) is 1.36. The average molecular weight is 284 g/mol. The predicted molar refractivity (Wildman–Crippen MR) is 75.7 cm³/mol. The molecule has 0 aliphatic carbocycles. The summed E-state index contributed by atoms with van der Waals surface area (Å²) >= 11 is 5.90. The van der Waals surface area contributed by atoms with Gasteiger partial charge in [-0.2, -0.15) is 0 Å². The Morgan fingerprint density at radius 1 is 1.42 bits per heavy atom. The van der Waals surface area contributed by atoms with Gasteiger partial charge in [0, 0.05) is 18.7 Å². The lowest BCUT2D eigenvalue weighted by atomic mass is 9.86. The van der Waals surface area contributed by atoms with Crippen LogP contribution in [0.4, 0.5) is 11.5 Å². The molecule has 1 aliphatic rings. The monoisotopic (exact) mass is 283 g/mol. The van der Waals surface area contributed by atoms with Crippen LogP contribution < -0.4 is 4.90 Å². The third-order valence-corrected chi connectivity index (χ3v) is 4.10. The van der Waals surface area contributed by atoms with Crippen LogP contribution in [0.3, 0.4) is 0 Å². The van der Waals surface area contributed by atoms with E-state index in [1.165, 1.54) is 12.1 Å². The van der Waals surface area contributed by atoms with Gasteiger partial charge in [-0.25, -0.2) is 4.98 Å². The fourth-order valence-corrected chi connectivity index (χ4v) is 2.91. The van der Waals surface area contributed by atoms with E-state index >= 15 is 0 Å². The first-order chi connectivity index (χ1) is 8.90. The summed E-state index contributed by atoms with van der Waals surface area (Å²) in [4.78, 5) is 17.0. The minimum atomic E-state index is -0.394. The molecule has 0 spiro atoms. The summed E-state index contributed by atoms with van der Waals surface area (Å²) in [5, 5.41) is 11.4. The minimum Gasteiger partial charge on any atom is -0.348 e. The third kappa shape index (κ3) is 2.81. The molecule has 5 nitrogen and oxygen atoms in total. The number of nitrogens with zero attached hydrogens (tertiary/aromatic N) is 3. The van der Waals surface area contributed by atoms with Crippen molar-refractivity contribution in [2.75, 3.05) is 11.4 Å². The van der Waals surface area contributed by atoms with E-state index in [1.54, 1.807) is 0 Å². The third-order valence-electron chi connectivity index (χ3n) is 3.89. The van der Waals surface area contributed by atoms with Gasteiger partial charge in [-0.15, -0.1) is 0 Å². The van der Waals surface area contributed by atoms with Gasteiger partial charge in [0.25, 0.3) is 0 Å². The maximum absolute atomic E-state index is 11.1. The standard InChI is InChI=1S/C13H18ClN3O2/c1-8-6-9(2)10(3)16(7-8)13-11(17(18)19)4-5-12(14)15-13/h4-5,8-10H,6-7H2,1-3H3. The van der Waals surface area contributed by atoms with Crippen LogP contribution in [0.5, 0.6) is 0 Å². The molecule has 1 aromatic heterocycles. The van der Waals surface area contributed by atoms with Crippen molar-refractivity contribution in [3.05, 3.63) is 27.4 Å². The highest BCUT2D eigenvalue weighted by molar-refractivity contribution is 6.29. The number of hydrogen-bond acceptors (Lipinski definition) is 4. The molecule has 3 unspecified atom stereocenters. The SMILES string of the molecule is CC1CC(C)C(C)N(c2nc(Cl)ccc2[N+](=O)[O-])C1. The van der Waals surface area contributed by atoms with E-state index in [0.29, 0.717) is 22.8 Å². The molecule has 19 heavy (non-hydrogen) atoms. The first-order valence-corrected chi connectivity index (χ1v) is 6.85. The summed E-state index contributed by atoms with van der Waals surface area (Å²) in [6.45, 7) is 7.19. The molecule has 0 N–H and O–H groups in total.